The van der Waals surface area contributed by atoms with Crippen LogP contribution in [0.5, 0.6) is 0 Å². The minimum Gasteiger partial charge on any atom is -0.309 e. The number of nitrogens with zero attached hydrogens (tertiary/aromatic N) is 3. The second kappa shape index (κ2) is 16.1. The Morgan fingerprint density at radius 3 is 1.13 bits per heavy atom. The van der Waals surface area contributed by atoms with Crippen LogP contribution in [0, 0.1) is 0 Å². The van der Waals surface area contributed by atoms with Crippen LogP contribution in [0.25, 0.3) is 93.6 Å². The van der Waals surface area contributed by atoms with Crippen molar-refractivity contribution in [3.8, 4) is 28.2 Å². The summed E-state index contributed by atoms with van der Waals surface area (Å²) in [7, 11) is -2.71. The lowest BCUT2D eigenvalue weighted by molar-refractivity contribution is 1.13. The van der Waals surface area contributed by atoms with E-state index in [9.17, 15) is 0 Å². The highest BCUT2D eigenvalue weighted by Crippen LogP contribution is 2.41. The lowest BCUT2D eigenvalue weighted by atomic mass is 10.0. The molecule has 3 heterocycles. The fourth-order valence-electron chi connectivity index (χ4n) is 11.8. The molecule has 70 heavy (non-hydrogen) atoms. The van der Waals surface area contributed by atoms with Crippen LogP contribution in [0.2, 0.25) is 0 Å². The standard InChI is InChI=1S/C66H45N3Si/c1-5-20-48(21-6-1)67-60-32-16-14-29-55(60)58-44-46(36-42-63(58)67)47-37-43-64-59(45-47)56-30-15-18-34-62(56)69(64)65-35-19-31-57-54-28-13-17-33-61(54)68(66(57)65)49-38-40-53(41-39-49)70(50-22-7-2-8-23-50,51-24-9-3-10-25-51)52-26-11-4-12-27-52/h1-45H. The first-order valence-corrected chi connectivity index (χ1v) is 26.2. The van der Waals surface area contributed by atoms with Gasteiger partial charge in [-0.3, -0.25) is 0 Å². The van der Waals surface area contributed by atoms with Crippen molar-refractivity contribution >= 4 is 94.2 Å². The first kappa shape index (κ1) is 40.1. The molecule has 4 heteroatoms. The van der Waals surface area contributed by atoms with Gasteiger partial charge in [0, 0.05) is 43.7 Å². The maximum absolute atomic E-state index is 2.71. The van der Waals surface area contributed by atoms with Crippen molar-refractivity contribution in [1.29, 1.82) is 0 Å². The topological polar surface area (TPSA) is 14.8 Å². The monoisotopic (exact) mass is 907 g/mol. The molecule has 0 saturated heterocycles. The molecule has 0 amide bonds. The number of hydrogen-bond donors (Lipinski definition) is 0. The SMILES string of the molecule is c1ccc(-n2c3ccccc3c3cc(-c4ccc5c(c4)c4ccccc4n5-c4cccc5c6ccccc6n(-c6ccc([Si](c7ccccc7)(c7ccccc7)c7ccccc7)cc6)c45)ccc32)cc1. The van der Waals surface area contributed by atoms with Crippen molar-refractivity contribution in [2.45, 2.75) is 0 Å². The zero-order valence-electron chi connectivity index (χ0n) is 38.3. The molecule has 0 atom stereocenters. The van der Waals surface area contributed by atoms with Gasteiger partial charge in [-0.25, -0.2) is 0 Å². The number of para-hydroxylation sites is 5. The fraction of sp³-hybridized carbons (Fsp3) is 0. The molecule has 328 valence electrons. The Hall–Kier alpha value is -8.96. The van der Waals surface area contributed by atoms with E-state index in [2.05, 4.69) is 287 Å². The summed E-state index contributed by atoms with van der Waals surface area (Å²) in [5, 5.41) is 12.9. The first-order chi connectivity index (χ1) is 34.8. The average Bonchev–Trinajstić information content (AvgIpc) is 4.08. The highest BCUT2D eigenvalue weighted by Gasteiger charge is 2.41. The Bertz CT molecular complexity index is 4170. The molecule has 0 fully saturated rings. The van der Waals surface area contributed by atoms with E-state index >= 15 is 0 Å². The van der Waals surface area contributed by atoms with Crippen LogP contribution >= 0.6 is 0 Å². The molecule has 0 saturated carbocycles. The van der Waals surface area contributed by atoms with Gasteiger partial charge >= 0.3 is 0 Å². The van der Waals surface area contributed by atoms with E-state index in [0.717, 1.165) is 11.4 Å². The molecule has 11 aromatic carbocycles. The summed E-state index contributed by atoms with van der Waals surface area (Å²) >= 11 is 0. The number of fused-ring (bicyclic) bond motifs is 9. The van der Waals surface area contributed by atoms with Crippen molar-refractivity contribution in [2.24, 2.45) is 0 Å². The van der Waals surface area contributed by atoms with Crippen LogP contribution in [0.1, 0.15) is 0 Å². The van der Waals surface area contributed by atoms with E-state index in [-0.39, 0.29) is 0 Å². The smallest absolute Gasteiger partial charge is 0.179 e. The molecule has 0 spiro atoms. The molecule has 0 bridgehead atoms. The molecule has 3 nitrogen and oxygen atoms in total. The maximum Gasteiger partial charge on any atom is 0.179 e. The third kappa shape index (κ3) is 6.00. The van der Waals surface area contributed by atoms with Gasteiger partial charge in [-0.05, 0) is 105 Å². The van der Waals surface area contributed by atoms with Gasteiger partial charge in [0.05, 0.1) is 38.8 Å². The van der Waals surface area contributed by atoms with Gasteiger partial charge in [-0.2, -0.15) is 0 Å². The Labute approximate surface area is 407 Å². The van der Waals surface area contributed by atoms with Gasteiger partial charge in [-0.15, -0.1) is 0 Å². The van der Waals surface area contributed by atoms with E-state index in [4.69, 9.17) is 0 Å². The number of aromatic nitrogens is 3. The zero-order chi connectivity index (χ0) is 46.2. The highest BCUT2D eigenvalue weighted by molar-refractivity contribution is 7.19. The van der Waals surface area contributed by atoms with E-state index in [0.29, 0.717) is 0 Å². The predicted molar refractivity (Wildman–Crippen MR) is 299 cm³/mol. The Morgan fingerprint density at radius 1 is 0.229 bits per heavy atom. The van der Waals surface area contributed by atoms with E-state index in [1.54, 1.807) is 0 Å². The second-order valence-corrected chi connectivity index (χ2v) is 22.2. The lowest BCUT2D eigenvalue weighted by Gasteiger charge is -2.34. The first-order valence-electron chi connectivity index (χ1n) is 24.2. The van der Waals surface area contributed by atoms with Gasteiger partial charge in [0.1, 0.15) is 0 Å². The molecule has 0 N–H and O–H groups in total. The van der Waals surface area contributed by atoms with Crippen molar-refractivity contribution in [2.75, 3.05) is 0 Å². The molecule has 0 radical (unpaired) electrons. The fourth-order valence-corrected chi connectivity index (χ4v) is 16.5. The van der Waals surface area contributed by atoms with Gasteiger partial charge < -0.3 is 13.7 Å². The summed E-state index contributed by atoms with van der Waals surface area (Å²) in [5.41, 5.74) is 13.0. The van der Waals surface area contributed by atoms with Crippen LogP contribution in [0.15, 0.2) is 273 Å². The predicted octanol–water partition coefficient (Wildman–Crippen LogP) is 14.0. The van der Waals surface area contributed by atoms with E-state index in [1.807, 2.05) is 0 Å². The molecule has 0 aliphatic carbocycles. The average molecular weight is 908 g/mol. The summed E-state index contributed by atoms with van der Waals surface area (Å²) in [6, 6.07) is 101. The largest absolute Gasteiger partial charge is 0.309 e. The number of hydrogen-bond acceptors (Lipinski definition) is 0. The minimum atomic E-state index is -2.71. The van der Waals surface area contributed by atoms with Gasteiger partial charge in [-0.1, -0.05) is 200 Å². The Morgan fingerprint density at radius 2 is 0.600 bits per heavy atom. The summed E-state index contributed by atoms with van der Waals surface area (Å²) in [6.45, 7) is 0. The highest BCUT2D eigenvalue weighted by atomic mass is 28.3. The van der Waals surface area contributed by atoms with Crippen LogP contribution in [-0.2, 0) is 0 Å². The molecular formula is C66H45N3Si. The Balaban J connectivity index is 0.958. The summed E-state index contributed by atoms with van der Waals surface area (Å²) in [5.74, 6) is 0. The maximum atomic E-state index is 2.50. The van der Waals surface area contributed by atoms with E-state index in [1.165, 1.54) is 103 Å². The van der Waals surface area contributed by atoms with Crippen LogP contribution < -0.4 is 20.7 Å². The summed E-state index contributed by atoms with van der Waals surface area (Å²) < 4.78 is 7.38. The number of benzene rings is 11. The van der Waals surface area contributed by atoms with Crippen molar-refractivity contribution in [3.05, 3.63) is 273 Å². The van der Waals surface area contributed by atoms with Gasteiger partial charge in [0.25, 0.3) is 0 Å². The van der Waals surface area contributed by atoms with Crippen molar-refractivity contribution in [1.82, 2.24) is 13.7 Å². The van der Waals surface area contributed by atoms with Crippen molar-refractivity contribution < 1.29 is 0 Å². The van der Waals surface area contributed by atoms with Gasteiger partial charge in [0.15, 0.2) is 8.07 Å². The van der Waals surface area contributed by atoms with Crippen LogP contribution in [0.3, 0.4) is 0 Å². The number of rotatable bonds is 8. The lowest BCUT2D eigenvalue weighted by Crippen LogP contribution is -2.74. The Kier molecular flexibility index (Phi) is 9.23. The molecule has 0 aliphatic heterocycles. The molecule has 14 aromatic rings. The molecule has 0 aliphatic rings. The van der Waals surface area contributed by atoms with E-state index < -0.39 is 8.07 Å². The quantitative estimate of drug-likeness (QED) is 0.107. The zero-order valence-corrected chi connectivity index (χ0v) is 39.3. The summed E-state index contributed by atoms with van der Waals surface area (Å²) in [6.07, 6.45) is 0. The minimum absolute atomic E-state index is 1.13. The molecular weight excluding hydrogens is 863 g/mol. The normalized spacial score (nSPS) is 12.0. The van der Waals surface area contributed by atoms with Gasteiger partial charge in [0.2, 0.25) is 0 Å². The van der Waals surface area contributed by atoms with Crippen LogP contribution in [-0.4, -0.2) is 21.8 Å². The second-order valence-electron chi connectivity index (χ2n) is 18.4. The molecule has 3 aromatic heterocycles. The summed E-state index contributed by atoms with van der Waals surface area (Å²) in [4.78, 5) is 0. The molecule has 0 unspecified atom stereocenters. The third-order valence-electron chi connectivity index (χ3n) is 14.8. The van der Waals surface area contributed by atoms with Crippen LogP contribution in [0.4, 0.5) is 0 Å². The molecule has 14 rings (SSSR count). The van der Waals surface area contributed by atoms with Crippen molar-refractivity contribution in [3.63, 3.8) is 0 Å². The third-order valence-corrected chi connectivity index (χ3v) is 19.6.